The lowest BCUT2D eigenvalue weighted by atomic mass is 9.74. The molecule has 3 heteroatoms. The van der Waals surface area contributed by atoms with Gasteiger partial charge in [0, 0.05) is 25.6 Å². The largest absolute Gasteiger partial charge is 0.384 e. The first-order valence-electron chi connectivity index (χ1n) is 9.16. The van der Waals surface area contributed by atoms with E-state index in [0.717, 1.165) is 55.9 Å². The Bertz CT molecular complexity index is 651. The van der Waals surface area contributed by atoms with Crippen molar-refractivity contribution in [3.05, 3.63) is 41.7 Å². The number of halogens is 1. The maximum absolute atomic E-state index is 13.7. The van der Waals surface area contributed by atoms with Crippen molar-refractivity contribution in [1.29, 1.82) is 0 Å². The lowest BCUT2D eigenvalue weighted by Crippen LogP contribution is -2.45. The molecule has 2 nitrogen and oxygen atoms in total. The molecule has 0 aromatic heterocycles. The molecule has 0 radical (unpaired) electrons. The van der Waals surface area contributed by atoms with Crippen molar-refractivity contribution in [2.45, 2.75) is 31.1 Å². The van der Waals surface area contributed by atoms with E-state index in [0.29, 0.717) is 0 Å². The van der Waals surface area contributed by atoms with E-state index in [1.54, 1.807) is 12.1 Å². The third kappa shape index (κ3) is 2.24. The first kappa shape index (κ1) is 14.0. The summed E-state index contributed by atoms with van der Waals surface area (Å²) in [6, 6.07) is 5.25. The van der Waals surface area contributed by atoms with Crippen molar-refractivity contribution in [3.63, 3.8) is 0 Å². The molecule has 1 aromatic carbocycles. The predicted molar refractivity (Wildman–Crippen MR) is 93.2 cm³/mol. The topological polar surface area (TPSA) is 15.3 Å². The number of allylic oxidation sites excluding steroid dienone is 2. The first-order valence-corrected chi connectivity index (χ1v) is 9.16. The van der Waals surface area contributed by atoms with Crippen LogP contribution in [0.5, 0.6) is 0 Å². The number of fused-ring (bicyclic) bond motifs is 4. The molecule has 1 aromatic rings. The Hall–Kier alpha value is -1.35. The third-order valence-corrected chi connectivity index (χ3v) is 6.89. The van der Waals surface area contributed by atoms with Gasteiger partial charge in [-0.2, -0.15) is 0 Å². The lowest BCUT2D eigenvalue weighted by Gasteiger charge is -2.40. The quantitative estimate of drug-likeness (QED) is 0.829. The van der Waals surface area contributed by atoms with Crippen LogP contribution < -0.4 is 5.32 Å². The molecule has 1 saturated carbocycles. The molecule has 124 valence electrons. The fourth-order valence-electron chi connectivity index (χ4n) is 5.51. The molecule has 4 aliphatic rings. The molecule has 2 aliphatic heterocycles. The summed E-state index contributed by atoms with van der Waals surface area (Å²) in [5.41, 5.74) is 2.54. The van der Waals surface area contributed by atoms with Gasteiger partial charge in [-0.1, -0.05) is 12.2 Å². The monoisotopic (exact) mass is 314 g/mol. The molecule has 5 rings (SSSR count). The van der Waals surface area contributed by atoms with Gasteiger partial charge in [0.1, 0.15) is 5.82 Å². The number of nitrogens with one attached hydrogen (secondary N) is 1. The molecular formula is C20H27FN2. The molecule has 1 spiro atoms. The van der Waals surface area contributed by atoms with Crippen LogP contribution in [0.15, 0.2) is 30.4 Å². The molecule has 1 N–H and O–H groups in total. The number of piperidine rings is 1. The van der Waals surface area contributed by atoms with Gasteiger partial charge in [0.15, 0.2) is 0 Å². The van der Waals surface area contributed by atoms with Crippen LogP contribution in [0, 0.1) is 23.6 Å². The van der Waals surface area contributed by atoms with E-state index in [-0.39, 0.29) is 12.7 Å². The van der Waals surface area contributed by atoms with Crippen molar-refractivity contribution in [2.24, 2.45) is 17.8 Å². The predicted octanol–water partition coefficient (Wildman–Crippen LogP) is 4.04. The van der Waals surface area contributed by atoms with Gasteiger partial charge in [0.25, 0.3) is 0 Å². The van der Waals surface area contributed by atoms with Gasteiger partial charge in [-0.3, -0.25) is 0 Å². The van der Waals surface area contributed by atoms with E-state index >= 15 is 0 Å². The van der Waals surface area contributed by atoms with Gasteiger partial charge in [-0.05, 0) is 80.3 Å². The summed E-state index contributed by atoms with van der Waals surface area (Å²) in [7, 11) is 0. The van der Waals surface area contributed by atoms with Crippen molar-refractivity contribution in [2.75, 3.05) is 31.5 Å². The maximum atomic E-state index is 13.7. The highest BCUT2D eigenvalue weighted by atomic mass is 19.1. The van der Waals surface area contributed by atoms with Gasteiger partial charge in [-0.25, -0.2) is 4.39 Å². The molecular weight excluding hydrogens is 287 g/mol. The number of hydrogen-bond donors (Lipinski definition) is 1. The van der Waals surface area contributed by atoms with Crippen LogP contribution >= 0.6 is 0 Å². The van der Waals surface area contributed by atoms with E-state index < -0.39 is 0 Å². The third-order valence-electron chi connectivity index (χ3n) is 6.89. The van der Waals surface area contributed by atoms with Crippen LogP contribution in [0.1, 0.15) is 32.7 Å². The SMILES string of the molecule is Fc1ccc2c(c1)C1(CCN(C[C@@H]3C[C@@H]4C=C[C@H]3C4)CC1)CN2.[HH]. The van der Waals surface area contributed by atoms with E-state index in [1.165, 1.54) is 24.9 Å². The van der Waals surface area contributed by atoms with Crippen molar-refractivity contribution in [3.8, 4) is 0 Å². The number of nitrogens with zero attached hydrogens (tertiary/aromatic N) is 1. The zero-order chi connectivity index (χ0) is 15.4. The zero-order valence-corrected chi connectivity index (χ0v) is 13.6. The van der Waals surface area contributed by atoms with E-state index in [9.17, 15) is 4.39 Å². The normalized spacial score (nSPS) is 34.0. The van der Waals surface area contributed by atoms with Crippen LogP contribution in [0.25, 0.3) is 0 Å². The fraction of sp³-hybridized carbons (Fsp3) is 0.600. The van der Waals surface area contributed by atoms with Gasteiger partial charge in [-0.15, -0.1) is 0 Å². The Morgan fingerprint density at radius 1 is 1.22 bits per heavy atom. The second-order valence-corrected chi connectivity index (χ2v) is 8.16. The average Bonchev–Trinajstić information content (AvgIpc) is 3.25. The molecule has 2 heterocycles. The average molecular weight is 314 g/mol. The molecule has 2 aliphatic carbocycles. The molecule has 2 bridgehead atoms. The Morgan fingerprint density at radius 3 is 2.83 bits per heavy atom. The van der Waals surface area contributed by atoms with Crippen molar-refractivity contribution >= 4 is 5.69 Å². The van der Waals surface area contributed by atoms with Crippen LogP contribution in [0.3, 0.4) is 0 Å². The summed E-state index contributed by atoms with van der Waals surface area (Å²) < 4.78 is 13.7. The molecule has 2 fully saturated rings. The second-order valence-electron chi connectivity index (χ2n) is 8.16. The highest BCUT2D eigenvalue weighted by molar-refractivity contribution is 5.60. The summed E-state index contributed by atoms with van der Waals surface area (Å²) in [4.78, 5) is 2.67. The summed E-state index contributed by atoms with van der Waals surface area (Å²) in [6.07, 6.45) is 10.0. The number of benzene rings is 1. The molecule has 0 unspecified atom stereocenters. The molecule has 3 atom stereocenters. The van der Waals surface area contributed by atoms with Gasteiger partial charge < -0.3 is 10.2 Å². The minimum atomic E-state index is -0.0944. The van der Waals surface area contributed by atoms with E-state index in [2.05, 4.69) is 22.4 Å². The van der Waals surface area contributed by atoms with E-state index in [4.69, 9.17) is 0 Å². The molecule has 1 saturated heterocycles. The Morgan fingerprint density at radius 2 is 2.09 bits per heavy atom. The number of likely N-dealkylation sites (tertiary alicyclic amines) is 1. The Balaban J connectivity index is 0.00000146. The lowest BCUT2D eigenvalue weighted by molar-refractivity contribution is 0.140. The summed E-state index contributed by atoms with van der Waals surface area (Å²) in [5, 5.41) is 3.50. The summed E-state index contributed by atoms with van der Waals surface area (Å²) >= 11 is 0. The minimum absolute atomic E-state index is 0. The van der Waals surface area contributed by atoms with Gasteiger partial charge in [0.05, 0.1) is 0 Å². The first-order chi connectivity index (χ1) is 11.2. The number of anilines is 1. The number of rotatable bonds is 2. The minimum Gasteiger partial charge on any atom is -0.384 e. The maximum Gasteiger partial charge on any atom is 0.123 e. The second kappa shape index (κ2) is 5.07. The summed E-state index contributed by atoms with van der Waals surface area (Å²) in [5.74, 6) is 2.50. The van der Waals surface area contributed by atoms with Crippen LogP contribution in [0.2, 0.25) is 0 Å². The highest BCUT2D eigenvalue weighted by Gasteiger charge is 2.43. The summed E-state index contributed by atoms with van der Waals surface area (Å²) in [6.45, 7) is 4.58. The van der Waals surface area contributed by atoms with E-state index in [1.807, 2.05) is 6.07 Å². The standard InChI is InChI=1S/C20H25FN2.H2/c21-17-3-4-19-18(11-17)20(13-22-19)5-7-23(8-6-20)12-16-10-14-1-2-15(16)9-14;/h1-4,11,14-16,22H,5-10,12-13H2;1H/t14-,15+,16+;/m1./s1. The van der Waals surface area contributed by atoms with Gasteiger partial charge in [0.2, 0.25) is 0 Å². The van der Waals surface area contributed by atoms with Crippen LogP contribution in [0.4, 0.5) is 10.1 Å². The van der Waals surface area contributed by atoms with Crippen molar-refractivity contribution in [1.82, 2.24) is 4.90 Å². The van der Waals surface area contributed by atoms with Crippen molar-refractivity contribution < 1.29 is 5.82 Å². The molecule has 23 heavy (non-hydrogen) atoms. The number of hydrogen-bond acceptors (Lipinski definition) is 2. The highest BCUT2D eigenvalue weighted by Crippen LogP contribution is 2.46. The zero-order valence-electron chi connectivity index (χ0n) is 13.6. The Labute approximate surface area is 139 Å². The molecule has 0 amide bonds. The van der Waals surface area contributed by atoms with Crippen LogP contribution in [-0.2, 0) is 5.41 Å². The van der Waals surface area contributed by atoms with Gasteiger partial charge >= 0.3 is 0 Å². The fourth-order valence-corrected chi connectivity index (χ4v) is 5.51. The Kier molecular flexibility index (Phi) is 3.09. The van der Waals surface area contributed by atoms with Crippen LogP contribution in [-0.4, -0.2) is 31.1 Å². The smallest absolute Gasteiger partial charge is 0.123 e.